The highest BCUT2D eigenvalue weighted by atomic mass is 35.5. The average molecular weight is 486 g/mol. The summed E-state index contributed by atoms with van der Waals surface area (Å²) in [6.07, 6.45) is 0. The maximum Gasteiger partial charge on any atom is 0.240 e. The van der Waals surface area contributed by atoms with Gasteiger partial charge in [0.25, 0.3) is 0 Å². The Kier molecular flexibility index (Phi) is 7.20. The van der Waals surface area contributed by atoms with Crippen molar-refractivity contribution in [2.24, 2.45) is 0 Å². The number of sulfonamides is 1. The molecular formula is C20H20ClNO5S3. The molecule has 160 valence electrons. The first-order chi connectivity index (χ1) is 14.2. The van der Waals surface area contributed by atoms with Crippen molar-refractivity contribution in [2.45, 2.75) is 22.0 Å². The smallest absolute Gasteiger partial charge is 0.240 e. The van der Waals surface area contributed by atoms with Crippen LogP contribution >= 0.6 is 22.9 Å². The van der Waals surface area contributed by atoms with Crippen LogP contribution in [0.1, 0.15) is 17.1 Å². The van der Waals surface area contributed by atoms with Gasteiger partial charge in [-0.15, -0.1) is 11.3 Å². The number of sulfone groups is 1. The summed E-state index contributed by atoms with van der Waals surface area (Å²) in [5, 5.41) is 1.09. The van der Waals surface area contributed by atoms with Gasteiger partial charge >= 0.3 is 0 Å². The maximum atomic E-state index is 13.2. The minimum Gasteiger partial charge on any atom is -0.494 e. The normalized spacial score (nSPS) is 13.1. The van der Waals surface area contributed by atoms with Crippen LogP contribution in [0.5, 0.6) is 5.75 Å². The van der Waals surface area contributed by atoms with E-state index in [2.05, 4.69) is 4.72 Å². The summed E-state index contributed by atoms with van der Waals surface area (Å²) < 4.78 is 59.6. The van der Waals surface area contributed by atoms with Crippen molar-refractivity contribution in [1.82, 2.24) is 4.72 Å². The van der Waals surface area contributed by atoms with Gasteiger partial charge in [0.1, 0.15) is 11.0 Å². The standard InChI is InChI=1S/C20H20ClNO5S3/c1-2-27-16-7-11-18(12-8-16)30(25,26)22-14-20(19-4-3-13-28-19)29(23,24)17-9-5-15(21)6-10-17/h3-13,20,22H,2,14H2,1H3/t20-/m1/s1. The van der Waals surface area contributed by atoms with E-state index in [0.29, 0.717) is 22.3 Å². The Bertz CT molecular complexity index is 1170. The van der Waals surface area contributed by atoms with Crippen molar-refractivity contribution in [3.05, 3.63) is 75.9 Å². The third-order valence-electron chi connectivity index (χ3n) is 4.28. The van der Waals surface area contributed by atoms with Crippen LogP contribution in [0.15, 0.2) is 75.8 Å². The molecule has 0 fully saturated rings. The fraction of sp³-hybridized carbons (Fsp3) is 0.200. The van der Waals surface area contributed by atoms with Gasteiger partial charge in [-0.2, -0.15) is 0 Å². The van der Waals surface area contributed by atoms with Crippen LogP contribution in [-0.2, 0) is 19.9 Å². The van der Waals surface area contributed by atoms with E-state index in [0.717, 1.165) is 0 Å². The lowest BCUT2D eigenvalue weighted by molar-refractivity contribution is 0.340. The number of rotatable bonds is 9. The van der Waals surface area contributed by atoms with Gasteiger partial charge in [-0.3, -0.25) is 0 Å². The second-order valence-corrected chi connectivity index (χ2v) is 11.6. The predicted molar refractivity (Wildman–Crippen MR) is 118 cm³/mol. The van der Waals surface area contributed by atoms with E-state index >= 15 is 0 Å². The Labute approximate surface area is 185 Å². The largest absolute Gasteiger partial charge is 0.494 e. The minimum absolute atomic E-state index is 0.0276. The van der Waals surface area contributed by atoms with Crippen LogP contribution in [0.2, 0.25) is 5.02 Å². The maximum absolute atomic E-state index is 13.2. The van der Waals surface area contributed by atoms with Crippen LogP contribution in [0.3, 0.4) is 0 Å². The molecule has 0 bridgehead atoms. The van der Waals surface area contributed by atoms with Gasteiger partial charge in [-0.25, -0.2) is 21.6 Å². The first-order valence-electron chi connectivity index (χ1n) is 8.99. The molecule has 1 aromatic heterocycles. The van der Waals surface area contributed by atoms with Crippen LogP contribution in [0.4, 0.5) is 0 Å². The average Bonchev–Trinajstić information content (AvgIpc) is 3.23. The third kappa shape index (κ3) is 5.22. The Hall–Kier alpha value is -1.91. The second-order valence-electron chi connectivity index (χ2n) is 6.26. The highest BCUT2D eigenvalue weighted by Gasteiger charge is 2.31. The van der Waals surface area contributed by atoms with Crippen molar-refractivity contribution in [3.8, 4) is 5.75 Å². The molecule has 0 saturated heterocycles. The van der Waals surface area contributed by atoms with E-state index in [1.54, 1.807) is 29.6 Å². The van der Waals surface area contributed by atoms with Gasteiger partial charge in [0.05, 0.1) is 16.4 Å². The Balaban J connectivity index is 1.86. The molecule has 2 aromatic carbocycles. The Morgan fingerprint density at radius 1 is 0.967 bits per heavy atom. The van der Waals surface area contributed by atoms with Crippen molar-refractivity contribution in [2.75, 3.05) is 13.2 Å². The Morgan fingerprint density at radius 2 is 1.60 bits per heavy atom. The van der Waals surface area contributed by atoms with Gasteiger partial charge in [-0.1, -0.05) is 17.7 Å². The Morgan fingerprint density at radius 3 is 2.17 bits per heavy atom. The molecule has 1 heterocycles. The van der Waals surface area contributed by atoms with E-state index in [9.17, 15) is 16.8 Å². The molecule has 1 N–H and O–H groups in total. The van der Waals surface area contributed by atoms with Crippen molar-refractivity contribution in [1.29, 1.82) is 0 Å². The van der Waals surface area contributed by atoms with Crippen LogP contribution in [0, 0.1) is 0 Å². The fourth-order valence-corrected chi connectivity index (χ4v) is 6.84. The molecule has 6 nitrogen and oxygen atoms in total. The number of halogens is 1. The number of benzene rings is 2. The first kappa shape index (κ1) is 22.8. The highest BCUT2D eigenvalue weighted by Crippen LogP contribution is 2.32. The molecule has 1 atom stereocenters. The lowest BCUT2D eigenvalue weighted by atomic mass is 10.3. The molecule has 0 aliphatic heterocycles. The zero-order chi connectivity index (χ0) is 21.8. The molecule has 3 rings (SSSR count). The van der Waals surface area contributed by atoms with E-state index < -0.39 is 25.1 Å². The minimum atomic E-state index is -3.91. The molecule has 0 amide bonds. The second kappa shape index (κ2) is 9.49. The monoisotopic (exact) mass is 485 g/mol. The zero-order valence-corrected chi connectivity index (χ0v) is 19.2. The molecule has 0 spiro atoms. The molecule has 0 aliphatic carbocycles. The van der Waals surface area contributed by atoms with E-state index in [1.165, 1.54) is 47.7 Å². The third-order valence-corrected chi connectivity index (χ3v) is 9.21. The fourth-order valence-electron chi connectivity index (χ4n) is 2.78. The van der Waals surface area contributed by atoms with E-state index in [1.807, 2.05) is 6.92 Å². The van der Waals surface area contributed by atoms with Gasteiger partial charge in [-0.05, 0) is 66.9 Å². The summed E-state index contributed by atoms with van der Waals surface area (Å²) >= 11 is 7.12. The summed E-state index contributed by atoms with van der Waals surface area (Å²) in [5.74, 6) is 0.554. The SMILES string of the molecule is CCOc1ccc(S(=O)(=O)NC[C@H](c2cccs2)S(=O)(=O)c2ccc(Cl)cc2)cc1. The van der Waals surface area contributed by atoms with Crippen LogP contribution < -0.4 is 9.46 Å². The molecular weight excluding hydrogens is 466 g/mol. The number of nitrogens with one attached hydrogen (secondary N) is 1. The first-order valence-corrected chi connectivity index (χ1v) is 13.3. The summed E-state index contributed by atoms with van der Waals surface area (Å²) in [7, 11) is -7.77. The molecule has 0 aliphatic rings. The summed E-state index contributed by atoms with van der Waals surface area (Å²) in [4.78, 5) is 0.643. The van der Waals surface area contributed by atoms with E-state index in [-0.39, 0.29) is 16.3 Å². The van der Waals surface area contributed by atoms with Crippen molar-refractivity contribution >= 4 is 42.8 Å². The lowest BCUT2D eigenvalue weighted by Crippen LogP contribution is -2.31. The van der Waals surface area contributed by atoms with Crippen molar-refractivity contribution in [3.63, 3.8) is 0 Å². The molecule has 10 heteroatoms. The number of ether oxygens (including phenoxy) is 1. The quantitative estimate of drug-likeness (QED) is 0.488. The highest BCUT2D eigenvalue weighted by molar-refractivity contribution is 7.92. The van der Waals surface area contributed by atoms with Crippen LogP contribution in [0.25, 0.3) is 0 Å². The molecule has 30 heavy (non-hydrogen) atoms. The van der Waals surface area contributed by atoms with Gasteiger partial charge in [0, 0.05) is 16.4 Å². The van der Waals surface area contributed by atoms with Gasteiger partial charge in [0.2, 0.25) is 10.0 Å². The molecule has 0 radical (unpaired) electrons. The van der Waals surface area contributed by atoms with Gasteiger partial charge in [0.15, 0.2) is 9.84 Å². The van der Waals surface area contributed by atoms with Crippen LogP contribution in [-0.4, -0.2) is 30.0 Å². The number of hydrogen-bond acceptors (Lipinski definition) is 6. The molecule has 0 unspecified atom stereocenters. The summed E-state index contributed by atoms with van der Waals surface area (Å²) in [6.45, 7) is 1.99. The summed E-state index contributed by atoms with van der Waals surface area (Å²) in [6, 6.07) is 15.2. The van der Waals surface area contributed by atoms with Crippen molar-refractivity contribution < 1.29 is 21.6 Å². The predicted octanol–water partition coefficient (Wildman–Crippen LogP) is 4.29. The van der Waals surface area contributed by atoms with E-state index in [4.69, 9.17) is 16.3 Å². The topological polar surface area (TPSA) is 89.5 Å². The zero-order valence-electron chi connectivity index (χ0n) is 16.0. The summed E-state index contributed by atoms with van der Waals surface area (Å²) in [5.41, 5.74) is 0. The van der Waals surface area contributed by atoms with Gasteiger partial charge < -0.3 is 4.74 Å². The number of thiophene rings is 1. The lowest BCUT2D eigenvalue weighted by Gasteiger charge is -2.18. The molecule has 0 saturated carbocycles. The number of hydrogen-bond donors (Lipinski definition) is 1. The molecule has 3 aromatic rings.